The lowest BCUT2D eigenvalue weighted by Gasteiger charge is -2.37. The molecule has 2 rings (SSSR count). The number of carbonyl (C=O) groups excluding carboxylic acids is 2. The summed E-state index contributed by atoms with van der Waals surface area (Å²) >= 11 is 0. The lowest BCUT2D eigenvalue weighted by molar-refractivity contribution is 0.00951. The number of rotatable bonds is 2. The van der Waals surface area contributed by atoms with Crippen molar-refractivity contribution in [2.24, 2.45) is 5.73 Å². The number of carbonyl (C=O) groups is 2. The summed E-state index contributed by atoms with van der Waals surface area (Å²) in [5.41, 5.74) is 6.22. The first-order chi connectivity index (χ1) is 10.3. The van der Waals surface area contributed by atoms with E-state index in [9.17, 15) is 9.59 Å². The molecule has 1 atom stereocenters. The van der Waals surface area contributed by atoms with E-state index in [0.717, 1.165) is 24.8 Å². The fourth-order valence-corrected chi connectivity index (χ4v) is 2.72. The molecular weight excluding hydrogens is 280 g/mol. The third-order valence-electron chi connectivity index (χ3n) is 3.69. The highest BCUT2D eigenvalue weighted by molar-refractivity contribution is 5.92. The fraction of sp³-hybridized carbons (Fsp3) is 0.529. The monoisotopic (exact) mass is 304 g/mol. The first-order valence-corrected chi connectivity index (χ1v) is 7.67. The predicted molar refractivity (Wildman–Crippen MR) is 84.5 cm³/mol. The number of benzene rings is 1. The predicted octanol–water partition coefficient (Wildman–Crippen LogP) is 3.25. The summed E-state index contributed by atoms with van der Waals surface area (Å²) in [6.07, 6.45) is 2.57. The van der Waals surface area contributed by atoms with Crippen LogP contribution in [0, 0.1) is 0 Å². The van der Waals surface area contributed by atoms with E-state index in [1.54, 1.807) is 23.1 Å². The van der Waals surface area contributed by atoms with Crippen molar-refractivity contribution in [1.29, 1.82) is 0 Å². The molecule has 1 aliphatic rings. The Bertz CT molecular complexity index is 563. The lowest BCUT2D eigenvalue weighted by Crippen LogP contribution is -2.41. The van der Waals surface area contributed by atoms with Crippen LogP contribution in [0.4, 0.5) is 4.79 Å². The first kappa shape index (κ1) is 16.3. The molecule has 120 valence electrons. The van der Waals surface area contributed by atoms with E-state index in [1.807, 2.05) is 26.8 Å². The molecule has 1 aromatic rings. The number of likely N-dealkylation sites (tertiary alicyclic amines) is 1. The van der Waals surface area contributed by atoms with Crippen molar-refractivity contribution in [2.75, 3.05) is 6.54 Å². The van der Waals surface area contributed by atoms with Gasteiger partial charge in [0.1, 0.15) is 5.60 Å². The van der Waals surface area contributed by atoms with Crippen molar-refractivity contribution in [3.05, 3.63) is 35.4 Å². The molecule has 0 radical (unpaired) electrons. The Kier molecular flexibility index (Phi) is 4.74. The van der Waals surface area contributed by atoms with E-state index in [0.29, 0.717) is 12.1 Å². The summed E-state index contributed by atoms with van der Waals surface area (Å²) in [5, 5.41) is 0. The smallest absolute Gasteiger partial charge is 0.410 e. The van der Waals surface area contributed by atoms with E-state index in [4.69, 9.17) is 10.5 Å². The topological polar surface area (TPSA) is 72.6 Å². The van der Waals surface area contributed by atoms with Crippen LogP contribution in [0.1, 0.15) is 62.0 Å². The Morgan fingerprint density at radius 2 is 2.00 bits per heavy atom. The molecule has 1 heterocycles. The molecule has 5 heteroatoms. The van der Waals surface area contributed by atoms with Gasteiger partial charge < -0.3 is 15.4 Å². The highest BCUT2D eigenvalue weighted by Crippen LogP contribution is 2.32. The van der Waals surface area contributed by atoms with Crippen LogP contribution in [0.3, 0.4) is 0 Å². The van der Waals surface area contributed by atoms with Gasteiger partial charge in [-0.15, -0.1) is 0 Å². The minimum atomic E-state index is -0.520. The molecular formula is C17H24N2O3. The molecule has 0 saturated carbocycles. The molecule has 1 unspecified atom stereocenters. The highest BCUT2D eigenvalue weighted by Gasteiger charge is 2.31. The van der Waals surface area contributed by atoms with Crippen LogP contribution in [-0.4, -0.2) is 29.0 Å². The number of nitrogens with two attached hydrogens (primary N) is 1. The van der Waals surface area contributed by atoms with Crippen LogP contribution >= 0.6 is 0 Å². The maximum absolute atomic E-state index is 12.4. The van der Waals surface area contributed by atoms with Crippen LogP contribution in [0.15, 0.2) is 24.3 Å². The maximum atomic E-state index is 12.4. The fourth-order valence-electron chi connectivity index (χ4n) is 2.72. The summed E-state index contributed by atoms with van der Waals surface area (Å²) in [5.74, 6) is -0.457. The Morgan fingerprint density at radius 3 is 2.64 bits per heavy atom. The Morgan fingerprint density at radius 1 is 1.27 bits per heavy atom. The Hall–Kier alpha value is -2.04. The molecule has 0 aromatic heterocycles. The van der Waals surface area contributed by atoms with Crippen molar-refractivity contribution in [1.82, 2.24) is 4.90 Å². The molecule has 1 aromatic carbocycles. The quantitative estimate of drug-likeness (QED) is 0.911. The van der Waals surface area contributed by atoms with Crippen molar-refractivity contribution >= 4 is 12.0 Å². The number of hydrogen-bond acceptors (Lipinski definition) is 3. The average molecular weight is 304 g/mol. The number of piperidine rings is 1. The van der Waals surface area contributed by atoms with Gasteiger partial charge in [0.15, 0.2) is 0 Å². The molecule has 2 N–H and O–H groups in total. The normalized spacial score (nSPS) is 18.9. The van der Waals surface area contributed by atoms with Gasteiger partial charge in [0.2, 0.25) is 5.91 Å². The van der Waals surface area contributed by atoms with Gasteiger partial charge in [0.25, 0.3) is 0 Å². The standard InChI is InChI=1S/C17H24N2O3/c1-17(2,3)22-16(21)19-10-5-4-9-14(19)12-7-6-8-13(11-12)15(18)20/h6-8,11,14H,4-5,9-10H2,1-3H3,(H2,18,20). The SMILES string of the molecule is CC(C)(C)OC(=O)N1CCCCC1c1cccc(C(N)=O)c1. The summed E-state index contributed by atoms with van der Waals surface area (Å²) in [4.78, 5) is 25.5. The summed E-state index contributed by atoms with van der Waals surface area (Å²) in [6.45, 7) is 6.24. The van der Waals surface area contributed by atoms with E-state index in [-0.39, 0.29) is 12.1 Å². The van der Waals surface area contributed by atoms with Crippen molar-refractivity contribution in [3.63, 3.8) is 0 Å². The highest BCUT2D eigenvalue weighted by atomic mass is 16.6. The molecule has 0 bridgehead atoms. The van der Waals surface area contributed by atoms with Crippen LogP contribution < -0.4 is 5.73 Å². The summed E-state index contributed by atoms with van der Waals surface area (Å²) < 4.78 is 5.50. The van der Waals surface area contributed by atoms with E-state index < -0.39 is 11.5 Å². The molecule has 1 aliphatic heterocycles. The van der Waals surface area contributed by atoms with Gasteiger partial charge in [-0.3, -0.25) is 4.79 Å². The van der Waals surface area contributed by atoms with Gasteiger partial charge in [-0.05, 0) is 57.7 Å². The minimum Gasteiger partial charge on any atom is -0.444 e. The number of amides is 2. The molecule has 0 aliphatic carbocycles. The van der Waals surface area contributed by atoms with Crippen LogP contribution in [-0.2, 0) is 4.74 Å². The maximum Gasteiger partial charge on any atom is 0.410 e. The summed E-state index contributed by atoms with van der Waals surface area (Å²) in [7, 11) is 0. The van der Waals surface area contributed by atoms with Crippen molar-refractivity contribution < 1.29 is 14.3 Å². The number of ether oxygens (including phenoxy) is 1. The van der Waals surface area contributed by atoms with E-state index in [2.05, 4.69) is 0 Å². The second-order valence-electron chi connectivity index (χ2n) is 6.68. The third kappa shape index (κ3) is 4.00. The molecule has 22 heavy (non-hydrogen) atoms. The number of primary amides is 1. The van der Waals surface area contributed by atoms with Gasteiger partial charge in [-0.2, -0.15) is 0 Å². The second kappa shape index (κ2) is 6.38. The Balaban J connectivity index is 2.24. The van der Waals surface area contributed by atoms with Gasteiger partial charge in [0.05, 0.1) is 6.04 Å². The van der Waals surface area contributed by atoms with E-state index >= 15 is 0 Å². The minimum absolute atomic E-state index is 0.0668. The van der Waals surface area contributed by atoms with Crippen molar-refractivity contribution in [3.8, 4) is 0 Å². The lowest BCUT2D eigenvalue weighted by atomic mass is 9.94. The second-order valence-corrected chi connectivity index (χ2v) is 6.68. The zero-order chi connectivity index (χ0) is 16.3. The molecule has 1 fully saturated rings. The average Bonchev–Trinajstić information content (AvgIpc) is 2.45. The van der Waals surface area contributed by atoms with Gasteiger partial charge >= 0.3 is 6.09 Å². The summed E-state index contributed by atoms with van der Waals surface area (Å²) in [6, 6.07) is 7.13. The molecule has 2 amide bonds. The van der Waals surface area contributed by atoms with Gasteiger partial charge in [0, 0.05) is 12.1 Å². The largest absolute Gasteiger partial charge is 0.444 e. The number of nitrogens with zero attached hydrogens (tertiary/aromatic N) is 1. The molecule has 5 nitrogen and oxygen atoms in total. The third-order valence-corrected chi connectivity index (χ3v) is 3.69. The van der Waals surface area contributed by atoms with Crippen molar-refractivity contribution in [2.45, 2.75) is 51.7 Å². The molecule has 0 spiro atoms. The van der Waals surface area contributed by atoms with Crippen LogP contribution in [0.2, 0.25) is 0 Å². The zero-order valence-electron chi connectivity index (χ0n) is 13.5. The Labute approximate surface area is 131 Å². The number of hydrogen-bond donors (Lipinski definition) is 1. The van der Waals surface area contributed by atoms with E-state index in [1.165, 1.54) is 0 Å². The zero-order valence-corrected chi connectivity index (χ0v) is 13.5. The van der Waals surface area contributed by atoms with Crippen LogP contribution in [0.5, 0.6) is 0 Å². The first-order valence-electron chi connectivity index (χ1n) is 7.67. The van der Waals surface area contributed by atoms with Gasteiger partial charge in [-0.1, -0.05) is 12.1 Å². The molecule has 1 saturated heterocycles. The van der Waals surface area contributed by atoms with Crippen LogP contribution in [0.25, 0.3) is 0 Å². The van der Waals surface area contributed by atoms with Gasteiger partial charge in [-0.25, -0.2) is 4.79 Å².